The van der Waals surface area contributed by atoms with E-state index in [9.17, 15) is 0 Å². The zero-order chi connectivity index (χ0) is 40.4. The summed E-state index contributed by atoms with van der Waals surface area (Å²) in [5.41, 5.74) is 27.2. The van der Waals surface area contributed by atoms with Crippen molar-refractivity contribution in [1.82, 2.24) is 0 Å². The van der Waals surface area contributed by atoms with Gasteiger partial charge in [0.15, 0.2) is 0 Å². The molecule has 0 spiro atoms. The van der Waals surface area contributed by atoms with Crippen LogP contribution >= 0.6 is 19.8 Å². The van der Waals surface area contributed by atoms with Gasteiger partial charge in [-0.2, -0.15) is 0 Å². The number of alkyl halides is 2. The average Bonchev–Trinajstić information content (AvgIpc) is 3.74. The predicted octanol–water partition coefficient (Wildman–Crippen LogP) is 15.4. The summed E-state index contributed by atoms with van der Waals surface area (Å²) in [4.78, 5) is 2.60. The van der Waals surface area contributed by atoms with Gasteiger partial charge in [-0.15, -0.1) is 0 Å². The van der Waals surface area contributed by atoms with Gasteiger partial charge in [0.2, 0.25) is 0 Å². The zero-order valence-corrected chi connectivity index (χ0v) is 36.7. The molecule has 3 heteroatoms. The number of benzene rings is 5. The van der Waals surface area contributed by atoms with Gasteiger partial charge in [0, 0.05) is 5.39 Å². The number of allylic oxidation sites excluding steroid dienone is 8. The maximum atomic E-state index is 6.18. The van der Waals surface area contributed by atoms with Gasteiger partial charge >= 0.3 is 312 Å². The second-order valence-electron chi connectivity index (χ2n) is 17.8. The first-order chi connectivity index (χ1) is 28.6. The van der Waals surface area contributed by atoms with Crippen LogP contribution < -0.4 is 4.90 Å². The summed E-state index contributed by atoms with van der Waals surface area (Å²) >= 11 is -1.94. The van der Waals surface area contributed by atoms with Gasteiger partial charge < -0.3 is 4.42 Å². The van der Waals surface area contributed by atoms with Crippen molar-refractivity contribution < 1.29 is 4.42 Å². The number of halogens is 1. The first kappa shape index (κ1) is 36.5. The molecule has 1 atom stereocenters. The van der Waals surface area contributed by atoms with E-state index < -0.39 is 19.8 Å². The van der Waals surface area contributed by atoms with Gasteiger partial charge in [-0.25, -0.2) is 0 Å². The second kappa shape index (κ2) is 13.2. The summed E-state index contributed by atoms with van der Waals surface area (Å²) in [5, 5.41) is 2.30. The van der Waals surface area contributed by atoms with Gasteiger partial charge in [0.25, 0.3) is 0 Å². The van der Waals surface area contributed by atoms with E-state index in [2.05, 4.69) is 179 Å². The van der Waals surface area contributed by atoms with Crippen molar-refractivity contribution in [3.8, 4) is 22.3 Å². The molecular weight excluding hydrogens is 830 g/mol. The van der Waals surface area contributed by atoms with E-state index in [0.29, 0.717) is 9.84 Å². The molecule has 6 aromatic rings. The fourth-order valence-electron chi connectivity index (χ4n) is 10.4. The molecule has 2 nitrogen and oxygen atoms in total. The molecule has 11 rings (SSSR count). The van der Waals surface area contributed by atoms with Crippen molar-refractivity contribution in [3.63, 3.8) is 0 Å². The molecule has 5 aromatic carbocycles. The van der Waals surface area contributed by atoms with Crippen molar-refractivity contribution in [2.24, 2.45) is 0 Å². The van der Waals surface area contributed by atoms with Crippen LogP contribution in [0.4, 0.5) is 5.69 Å². The number of hydrogen-bond acceptors (Lipinski definition) is 2. The van der Waals surface area contributed by atoms with E-state index in [-0.39, 0.29) is 8.84 Å². The van der Waals surface area contributed by atoms with Crippen LogP contribution in [0.15, 0.2) is 183 Å². The minimum atomic E-state index is -1.94. The van der Waals surface area contributed by atoms with Crippen LogP contribution in [-0.2, 0) is 5.41 Å². The number of rotatable bonds is 8. The number of hydrogen-bond donors (Lipinski definition) is 0. The molecule has 1 unspecified atom stereocenters. The van der Waals surface area contributed by atoms with Crippen molar-refractivity contribution in [2.45, 2.75) is 72.6 Å². The van der Waals surface area contributed by atoms with Gasteiger partial charge in [-0.3, -0.25) is 0 Å². The van der Waals surface area contributed by atoms with Gasteiger partial charge in [-0.05, 0) is 6.07 Å². The van der Waals surface area contributed by atoms with Crippen LogP contribution in [0.25, 0.3) is 49.8 Å². The van der Waals surface area contributed by atoms with Crippen molar-refractivity contribution in [2.75, 3.05) is 4.90 Å². The average molecular weight is 878 g/mol. The van der Waals surface area contributed by atoms with Crippen LogP contribution in [0.3, 0.4) is 0 Å². The molecule has 0 saturated heterocycles. The van der Waals surface area contributed by atoms with E-state index >= 15 is 0 Å². The van der Waals surface area contributed by atoms with E-state index in [4.69, 9.17) is 4.42 Å². The third kappa shape index (κ3) is 5.45. The predicted molar refractivity (Wildman–Crippen MR) is 257 cm³/mol. The number of anilines is 1. The van der Waals surface area contributed by atoms with Crippen molar-refractivity contribution in [1.29, 1.82) is 0 Å². The zero-order valence-electron chi connectivity index (χ0n) is 34.5. The molecule has 59 heavy (non-hydrogen) atoms. The van der Waals surface area contributed by atoms with Gasteiger partial charge in [0.05, 0.1) is 0 Å². The summed E-state index contributed by atoms with van der Waals surface area (Å²) in [6.07, 6.45) is 12.8. The van der Waals surface area contributed by atoms with Crippen LogP contribution in [0.1, 0.15) is 75.1 Å². The summed E-state index contributed by atoms with van der Waals surface area (Å²) in [6.45, 7) is 20.6. The molecule has 1 saturated carbocycles. The molecule has 3 aliphatic carbocycles. The number of furan rings is 1. The van der Waals surface area contributed by atoms with Crippen molar-refractivity contribution in [3.05, 3.63) is 200 Å². The molecule has 1 fully saturated rings. The Morgan fingerprint density at radius 3 is 2.32 bits per heavy atom. The standard InChI is InChI=1S/C56H48INO/c1-8-40-48(9-2)56(6,7)57-51(40)27-29-54(57)58(38-22-25-42(35-18-19-35)46(32-38)41-15-11-10-14-34(41)3)39-23-26-44-43-24-20-37(31-49(43)55(4,5)50(44)33-39)36-21-28-53-47(30-36)45-16-12-13-17-52(45)59-53/h8-17,20-22,24-25,28-33,35,51H,1-2,18-19,27H2,3-7H3. The third-order valence-electron chi connectivity index (χ3n) is 13.6. The Bertz CT molecular complexity index is 3070. The molecule has 1 aromatic heterocycles. The van der Waals surface area contributed by atoms with E-state index in [0.717, 1.165) is 39.6 Å². The summed E-state index contributed by atoms with van der Waals surface area (Å²) in [6, 6.07) is 38.1. The minimum absolute atomic E-state index is 0.0331. The second-order valence-corrected chi connectivity index (χ2v) is 24.8. The third-order valence-corrected chi connectivity index (χ3v) is 21.9. The molecule has 290 valence electrons. The molecule has 0 N–H and O–H groups in total. The Hall–Kier alpha value is -5.57. The Morgan fingerprint density at radius 2 is 1.53 bits per heavy atom. The van der Waals surface area contributed by atoms with Gasteiger partial charge in [0.1, 0.15) is 11.2 Å². The van der Waals surface area contributed by atoms with Crippen LogP contribution in [0, 0.1) is 6.92 Å². The Morgan fingerprint density at radius 1 is 0.763 bits per heavy atom. The fraction of sp³-hybridized carbons (Fsp3) is 0.214. The monoisotopic (exact) mass is 877 g/mol. The summed E-state index contributed by atoms with van der Waals surface area (Å²) in [5.74, 6) is 0.631. The molecule has 5 aliphatic rings. The quantitative estimate of drug-likeness (QED) is 0.0656. The molecular formula is C56H48INO. The van der Waals surface area contributed by atoms with E-state index in [1.165, 1.54) is 83.5 Å². The first-order valence-corrected chi connectivity index (χ1v) is 24.4. The Balaban J connectivity index is 1.06. The summed E-state index contributed by atoms with van der Waals surface area (Å²) in [7, 11) is 0. The summed E-state index contributed by atoms with van der Waals surface area (Å²) < 4.78 is 8.20. The molecule has 0 amide bonds. The Labute approximate surface area is 355 Å². The van der Waals surface area contributed by atoms with Crippen molar-refractivity contribution >= 4 is 53.0 Å². The number of nitrogens with zero attached hydrogens (tertiary/aromatic N) is 1. The molecule has 0 radical (unpaired) electrons. The Kier molecular flexibility index (Phi) is 8.18. The SMILES string of the molecule is C=CC1=C(C=C)C(C)(C)I2C(N(C3=C=C=C4C(=C3)C(C)(C)c3cc(-c5ccc6oc7ccccc7c6c5)ccc34)c3ccc(C4CC4)c(-c4ccccc4C)c3)=CCC12. The normalized spacial score (nSPS) is 20.2. The van der Waals surface area contributed by atoms with Crippen LogP contribution in [-0.4, -0.2) is 7.35 Å². The van der Waals surface area contributed by atoms with E-state index in [1.54, 1.807) is 0 Å². The molecule has 0 bridgehead atoms. The number of para-hydroxylation sites is 1. The topological polar surface area (TPSA) is 16.4 Å². The molecule has 2 aliphatic heterocycles. The van der Waals surface area contributed by atoms with Crippen LogP contribution in [0.5, 0.6) is 0 Å². The molecule has 3 heterocycles. The fourth-order valence-corrected chi connectivity index (χ4v) is 19.4. The van der Waals surface area contributed by atoms with Gasteiger partial charge in [-0.1, -0.05) is 18.2 Å². The number of aryl methyl sites for hydroxylation is 1. The van der Waals surface area contributed by atoms with Crippen LogP contribution in [0.2, 0.25) is 0 Å². The number of fused-ring (bicyclic) bond motifs is 7. The first-order valence-electron chi connectivity index (χ1n) is 21.0. The van der Waals surface area contributed by atoms with E-state index in [1.807, 2.05) is 12.1 Å². The maximum absolute atomic E-state index is 6.18.